The van der Waals surface area contributed by atoms with Crippen molar-refractivity contribution in [1.82, 2.24) is 9.78 Å². The molecule has 0 fully saturated rings. The lowest BCUT2D eigenvalue weighted by atomic mass is 10.1. The van der Waals surface area contributed by atoms with E-state index in [0.29, 0.717) is 10.8 Å². The van der Waals surface area contributed by atoms with Crippen LogP contribution >= 0.6 is 11.6 Å². The quantitative estimate of drug-likeness (QED) is 0.805. The van der Waals surface area contributed by atoms with Crippen LogP contribution in [0.5, 0.6) is 0 Å². The van der Waals surface area contributed by atoms with E-state index in [-0.39, 0.29) is 0 Å². The SMILES string of the molecule is Cc1ccc(-c2cnn(C)c2N)c(Cl)c1. The fourth-order valence-electron chi connectivity index (χ4n) is 1.49. The Morgan fingerprint density at radius 2 is 2.07 bits per heavy atom. The maximum atomic E-state index is 6.15. The standard InChI is InChI=1S/C11H12ClN3/c1-7-3-4-8(10(12)5-7)9-6-14-15(2)11(9)13/h3-6H,13H2,1-2H3. The average molecular weight is 222 g/mol. The van der Waals surface area contributed by atoms with Gasteiger partial charge in [-0.15, -0.1) is 0 Å². The molecule has 2 N–H and O–H groups in total. The number of nitrogens with two attached hydrogens (primary N) is 1. The van der Waals surface area contributed by atoms with E-state index in [9.17, 15) is 0 Å². The van der Waals surface area contributed by atoms with E-state index in [1.165, 1.54) is 0 Å². The smallest absolute Gasteiger partial charge is 0.129 e. The Kier molecular flexibility index (Phi) is 2.40. The van der Waals surface area contributed by atoms with Crippen LogP contribution in [0.25, 0.3) is 11.1 Å². The molecule has 4 heteroatoms. The molecule has 15 heavy (non-hydrogen) atoms. The molecule has 0 saturated carbocycles. The lowest BCUT2D eigenvalue weighted by Crippen LogP contribution is -1.98. The third-order valence-corrected chi connectivity index (χ3v) is 2.71. The van der Waals surface area contributed by atoms with Gasteiger partial charge < -0.3 is 5.73 Å². The van der Waals surface area contributed by atoms with E-state index in [4.69, 9.17) is 17.3 Å². The van der Waals surface area contributed by atoms with Gasteiger partial charge in [-0.2, -0.15) is 5.10 Å². The minimum absolute atomic E-state index is 0.626. The molecule has 0 bridgehead atoms. The van der Waals surface area contributed by atoms with Gasteiger partial charge >= 0.3 is 0 Å². The molecule has 1 aromatic carbocycles. The van der Waals surface area contributed by atoms with Crippen molar-refractivity contribution in [2.75, 3.05) is 5.73 Å². The van der Waals surface area contributed by atoms with E-state index in [2.05, 4.69) is 5.10 Å². The van der Waals surface area contributed by atoms with E-state index in [0.717, 1.165) is 16.7 Å². The Balaban J connectivity index is 2.59. The number of nitrogen functional groups attached to an aromatic ring is 1. The van der Waals surface area contributed by atoms with E-state index < -0.39 is 0 Å². The number of aromatic nitrogens is 2. The molecule has 0 atom stereocenters. The summed E-state index contributed by atoms with van der Waals surface area (Å²) in [6.45, 7) is 2.00. The van der Waals surface area contributed by atoms with Crippen LogP contribution in [-0.2, 0) is 7.05 Å². The predicted molar refractivity (Wildman–Crippen MR) is 62.8 cm³/mol. The van der Waals surface area contributed by atoms with E-state index >= 15 is 0 Å². The fourth-order valence-corrected chi connectivity index (χ4v) is 1.83. The van der Waals surface area contributed by atoms with Crippen LogP contribution in [0.2, 0.25) is 5.02 Å². The number of aryl methyl sites for hydroxylation is 2. The Hall–Kier alpha value is -1.48. The molecule has 0 unspecified atom stereocenters. The van der Waals surface area contributed by atoms with Gasteiger partial charge in [-0.05, 0) is 18.6 Å². The molecule has 1 heterocycles. The second-order valence-corrected chi connectivity index (χ2v) is 3.96. The largest absolute Gasteiger partial charge is 0.383 e. The molecule has 78 valence electrons. The molecule has 2 aromatic rings. The maximum absolute atomic E-state index is 6.15. The molecule has 0 spiro atoms. The zero-order valence-corrected chi connectivity index (χ0v) is 9.42. The predicted octanol–water partition coefficient (Wildman–Crippen LogP) is 2.63. The highest BCUT2D eigenvalue weighted by Crippen LogP contribution is 2.31. The number of nitrogens with zero attached hydrogens (tertiary/aromatic N) is 2. The first-order chi connectivity index (χ1) is 7.09. The topological polar surface area (TPSA) is 43.8 Å². The van der Waals surface area contributed by atoms with Gasteiger partial charge in [0.1, 0.15) is 5.82 Å². The lowest BCUT2D eigenvalue weighted by Gasteiger charge is -2.04. The second kappa shape index (κ2) is 3.59. The summed E-state index contributed by atoms with van der Waals surface area (Å²) in [5.74, 6) is 0.626. The summed E-state index contributed by atoms with van der Waals surface area (Å²) in [7, 11) is 1.81. The van der Waals surface area contributed by atoms with Crippen molar-refractivity contribution in [1.29, 1.82) is 0 Å². The number of rotatable bonds is 1. The maximum Gasteiger partial charge on any atom is 0.129 e. The summed E-state index contributed by atoms with van der Waals surface area (Å²) in [6.07, 6.45) is 1.73. The van der Waals surface area contributed by atoms with Crippen molar-refractivity contribution in [3.8, 4) is 11.1 Å². The minimum atomic E-state index is 0.626. The Morgan fingerprint density at radius 1 is 1.33 bits per heavy atom. The third-order valence-electron chi connectivity index (χ3n) is 2.40. The number of hydrogen-bond donors (Lipinski definition) is 1. The Labute approximate surface area is 93.5 Å². The first-order valence-electron chi connectivity index (χ1n) is 4.63. The Bertz CT molecular complexity index is 503. The second-order valence-electron chi connectivity index (χ2n) is 3.55. The molecular formula is C11H12ClN3. The molecule has 1 aromatic heterocycles. The van der Waals surface area contributed by atoms with Crippen molar-refractivity contribution in [3.05, 3.63) is 35.0 Å². The number of anilines is 1. The average Bonchev–Trinajstić information content (AvgIpc) is 2.49. The van der Waals surface area contributed by atoms with Crippen LogP contribution < -0.4 is 5.73 Å². The molecule has 0 saturated heterocycles. The Morgan fingerprint density at radius 3 is 2.60 bits per heavy atom. The van der Waals surface area contributed by atoms with Gasteiger partial charge in [0.25, 0.3) is 0 Å². The van der Waals surface area contributed by atoms with E-state index in [1.54, 1.807) is 17.9 Å². The van der Waals surface area contributed by atoms with Gasteiger partial charge in [-0.25, -0.2) is 0 Å². The molecule has 0 aliphatic rings. The molecule has 0 aliphatic heterocycles. The summed E-state index contributed by atoms with van der Waals surface area (Å²) >= 11 is 6.15. The highest BCUT2D eigenvalue weighted by Gasteiger charge is 2.10. The summed E-state index contributed by atoms with van der Waals surface area (Å²) < 4.78 is 1.63. The monoisotopic (exact) mass is 221 g/mol. The number of hydrogen-bond acceptors (Lipinski definition) is 2. The molecule has 3 nitrogen and oxygen atoms in total. The van der Waals surface area contributed by atoms with Gasteiger partial charge in [0.15, 0.2) is 0 Å². The van der Waals surface area contributed by atoms with Crippen LogP contribution in [-0.4, -0.2) is 9.78 Å². The zero-order valence-electron chi connectivity index (χ0n) is 8.66. The van der Waals surface area contributed by atoms with Crippen molar-refractivity contribution >= 4 is 17.4 Å². The van der Waals surface area contributed by atoms with Crippen LogP contribution in [0.1, 0.15) is 5.56 Å². The summed E-state index contributed by atoms with van der Waals surface area (Å²) in [5, 5.41) is 4.79. The molecule has 0 amide bonds. The van der Waals surface area contributed by atoms with Crippen molar-refractivity contribution in [3.63, 3.8) is 0 Å². The van der Waals surface area contributed by atoms with Crippen LogP contribution in [0.15, 0.2) is 24.4 Å². The number of halogens is 1. The van der Waals surface area contributed by atoms with Crippen molar-refractivity contribution in [2.45, 2.75) is 6.92 Å². The molecular weight excluding hydrogens is 210 g/mol. The van der Waals surface area contributed by atoms with Gasteiger partial charge in [0.05, 0.1) is 6.20 Å². The molecule has 0 radical (unpaired) electrons. The van der Waals surface area contributed by atoms with Crippen LogP contribution in [0.4, 0.5) is 5.82 Å². The molecule has 0 aliphatic carbocycles. The van der Waals surface area contributed by atoms with Crippen LogP contribution in [0.3, 0.4) is 0 Å². The number of benzene rings is 1. The first-order valence-corrected chi connectivity index (χ1v) is 5.01. The summed E-state index contributed by atoms with van der Waals surface area (Å²) in [4.78, 5) is 0. The summed E-state index contributed by atoms with van der Waals surface area (Å²) in [6, 6.07) is 5.89. The highest BCUT2D eigenvalue weighted by atomic mass is 35.5. The van der Waals surface area contributed by atoms with Gasteiger partial charge in [0, 0.05) is 23.2 Å². The van der Waals surface area contributed by atoms with Gasteiger partial charge in [-0.3, -0.25) is 4.68 Å². The van der Waals surface area contributed by atoms with Crippen molar-refractivity contribution in [2.24, 2.45) is 7.05 Å². The molecule has 2 rings (SSSR count). The summed E-state index contributed by atoms with van der Waals surface area (Å²) in [5.41, 5.74) is 8.82. The van der Waals surface area contributed by atoms with Gasteiger partial charge in [0.2, 0.25) is 0 Å². The first kappa shape index (κ1) is 10.1. The lowest BCUT2D eigenvalue weighted by molar-refractivity contribution is 0.779. The highest BCUT2D eigenvalue weighted by molar-refractivity contribution is 6.33. The van der Waals surface area contributed by atoms with Crippen LogP contribution in [0, 0.1) is 6.92 Å². The van der Waals surface area contributed by atoms with E-state index in [1.807, 2.05) is 25.1 Å². The third kappa shape index (κ3) is 1.70. The van der Waals surface area contributed by atoms with Gasteiger partial charge in [-0.1, -0.05) is 23.7 Å². The fraction of sp³-hybridized carbons (Fsp3) is 0.182. The normalized spacial score (nSPS) is 10.6. The minimum Gasteiger partial charge on any atom is -0.383 e. The van der Waals surface area contributed by atoms with Crippen molar-refractivity contribution < 1.29 is 0 Å². The zero-order chi connectivity index (χ0) is 11.0.